The van der Waals surface area contributed by atoms with Crippen LogP contribution in [0.15, 0.2) is 48.7 Å². The molecule has 3 aromatic rings. The smallest absolute Gasteiger partial charge is 0.412 e. The SMILES string of the molecule is CN(CCOC(=O)Nc1cc2cc(F)ccc2cn1)C(=O)NCc1cccc(O)c1Cl. The number of fused-ring (bicyclic) bond motifs is 1. The van der Waals surface area contributed by atoms with Gasteiger partial charge in [0.15, 0.2) is 0 Å². The quantitative estimate of drug-likeness (QED) is 0.528. The molecule has 0 saturated heterocycles. The van der Waals surface area contributed by atoms with E-state index in [4.69, 9.17) is 16.3 Å². The van der Waals surface area contributed by atoms with Gasteiger partial charge in [-0.05, 0) is 41.3 Å². The average molecular weight is 447 g/mol. The summed E-state index contributed by atoms with van der Waals surface area (Å²) in [4.78, 5) is 29.5. The highest BCUT2D eigenvalue weighted by Crippen LogP contribution is 2.26. The minimum Gasteiger partial charge on any atom is -0.506 e. The van der Waals surface area contributed by atoms with Gasteiger partial charge in [-0.25, -0.2) is 19.0 Å². The first-order valence-corrected chi connectivity index (χ1v) is 9.65. The van der Waals surface area contributed by atoms with Crippen molar-refractivity contribution < 1.29 is 23.8 Å². The molecule has 0 saturated carbocycles. The number of urea groups is 1. The van der Waals surface area contributed by atoms with Gasteiger partial charge >= 0.3 is 12.1 Å². The lowest BCUT2D eigenvalue weighted by Crippen LogP contribution is -2.39. The van der Waals surface area contributed by atoms with Crippen molar-refractivity contribution in [1.82, 2.24) is 15.2 Å². The van der Waals surface area contributed by atoms with Gasteiger partial charge < -0.3 is 20.1 Å². The molecule has 31 heavy (non-hydrogen) atoms. The molecule has 0 radical (unpaired) electrons. The van der Waals surface area contributed by atoms with Crippen molar-refractivity contribution in [2.75, 3.05) is 25.5 Å². The molecule has 8 nitrogen and oxygen atoms in total. The van der Waals surface area contributed by atoms with E-state index in [1.807, 2.05) is 0 Å². The second-order valence-electron chi connectivity index (χ2n) is 6.65. The van der Waals surface area contributed by atoms with Crippen molar-refractivity contribution in [3.63, 3.8) is 0 Å². The fourth-order valence-electron chi connectivity index (χ4n) is 2.71. The van der Waals surface area contributed by atoms with E-state index in [0.717, 1.165) is 5.39 Å². The molecule has 0 unspecified atom stereocenters. The average Bonchev–Trinajstić information content (AvgIpc) is 2.74. The molecule has 10 heteroatoms. The molecule has 3 rings (SSSR count). The van der Waals surface area contributed by atoms with Crippen LogP contribution in [0.5, 0.6) is 5.75 Å². The lowest BCUT2D eigenvalue weighted by molar-refractivity contribution is 0.146. The molecule has 0 fully saturated rings. The summed E-state index contributed by atoms with van der Waals surface area (Å²) in [5.41, 5.74) is 0.571. The Kier molecular flexibility index (Phi) is 7.09. The van der Waals surface area contributed by atoms with Crippen molar-refractivity contribution in [2.24, 2.45) is 0 Å². The highest BCUT2D eigenvalue weighted by atomic mass is 35.5. The number of anilines is 1. The second-order valence-corrected chi connectivity index (χ2v) is 7.03. The van der Waals surface area contributed by atoms with Crippen LogP contribution in [0.25, 0.3) is 10.8 Å². The summed E-state index contributed by atoms with van der Waals surface area (Å²) in [6.07, 6.45) is 0.768. The van der Waals surface area contributed by atoms with Gasteiger partial charge in [-0.2, -0.15) is 0 Å². The highest BCUT2D eigenvalue weighted by Gasteiger charge is 2.12. The Morgan fingerprint density at radius 3 is 2.84 bits per heavy atom. The lowest BCUT2D eigenvalue weighted by Gasteiger charge is -2.18. The van der Waals surface area contributed by atoms with Gasteiger partial charge in [0.2, 0.25) is 0 Å². The predicted molar refractivity (Wildman–Crippen MR) is 115 cm³/mol. The molecular weight excluding hydrogens is 427 g/mol. The number of benzene rings is 2. The molecule has 0 spiro atoms. The number of hydrogen-bond acceptors (Lipinski definition) is 5. The normalized spacial score (nSPS) is 10.5. The molecule has 0 aliphatic rings. The molecule has 1 heterocycles. The van der Waals surface area contributed by atoms with Crippen molar-refractivity contribution in [3.8, 4) is 5.75 Å². The maximum absolute atomic E-state index is 13.3. The number of likely N-dealkylation sites (N-methyl/N-ethyl adjacent to an activating group) is 1. The number of aromatic nitrogens is 1. The summed E-state index contributed by atoms with van der Waals surface area (Å²) in [6.45, 7) is 0.222. The van der Waals surface area contributed by atoms with E-state index in [2.05, 4.69) is 15.6 Å². The largest absolute Gasteiger partial charge is 0.506 e. The van der Waals surface area contributed by atoms with Gasteiger partial charge in [-0.1, -0.05) is 23.7 Å². The van der Waals surface area contributed by atoms with Crippen LogP contribution in [0.1, 0.15) is 5.56 Å². The number of hydrogen-bond donors (Lipinski definition) is 3. The van der Waals surface area contributed by atoms with Crippen LogP contribution >= 0.6 is 11.6 Å². The van der Waals surface area contributed by atoms with E-state index in [9.17, 15) is 19.1 Å². The molecular formula is C21H20ClFN4O4. The maximum Gasteiger partial charge on any atom is 0.412 e. The molecule has 2 aromatic carbocycles. The molecule has 0 aliphatic carbocycles. The first-order valence-electron chi connectivity index (χ1n) is 9.28. The van der Waals surface area contributed by atoms with Gasteiger partial charge in [0.1, 0.15) is 24.0 Å². The minimum absolute atomic E-state index is 0.0507. The van der Waals surface area contributed by atoms with Gasteiger partial charge in [0.25, 0.3) is 0 Å². The van der Waals surface area contributed by atoms with E-state index in [-0.39, 0.29) is 42.1 Å². The lowest BCUT2D eigenvalue weighted by atomic mass is 10.2. The van der Waals surface area contributed by atoms with E-state index >= 15 is 0 Å². The number of pyridine rings is 1. The number of carbonyl (C=O) groups excluding carboxylic acids is 2. The minimum atomic E-state index is -0.747. The predicted octanol–water partition coefficient (Wildman–Crippen LogP) is 4.12. The standard InChI is InChI=1S/C21H20ClFN4O4/c1-27(20(29)25-12-14-3-2-4-17(28)19(14)22)7-8-31-21(30)26-18-10-15-9-16(23)6-5-13(15)11-24-18/h2-6,9-11,28H,7-8,12H2,1H3,(H,25,29)(H,24,26,30). The number of halogens is 2. The molecule has 0 bridgehead atoms. The van der Waals surface area contributed by atoms with Crippen molar-refractivity contribution in [1.29, 1.82) is 0 Å². The van der Waals surface area contributed by atoms with Gasteiger partial charge in [0.05, 0.1) is 11.6 Å². The molecule has 0 atom stereocenters. The topological polar surface area (TPSA) is 104 Å². The summed E-state index contributed by atoms with van der Waals surface area (Å²) in [6, 6.07) is 10.2. The number of rotatable bonds is 6. The van der Waals surface area contributed by atoms with Crippen molar-refractivity contribution in [3.05, 3.63) is 65.1 Å². The summed E-state index contributed by atoms with van der Waals surface area (Å²) in [7, 11) is 1.54. The van der Waals surface area contributed by atoms with Crippen LogP contribution in [-0.4, -0.2) is 47.3 Å². The number of aromatic hydroxyl groups is 1. The number of ether oxygens (including phenoxy) is 1. The van der Waals surface area contributed by atoms with E-state index in [0.29, 0.717) is 10.9 Å². The van der Waals surface area contributed by atoms with E-state index < -0.39 is 12.1 Å². The monoisotopic (exact) mass is 446 g/mol. The Balaban J connectivity index is 1.43. The van der Waals surface area contributed by atoms with Crippen LogP contribution in [0.3, 0.4) is 0 Å². The summed E-state index contributed by atoms with van der Waals surface area (Å²) >= 11 is 5.98. The number of phenolic OH excluding ortho intramolecular Hbond substituents is 1. The number of nitrogens with zero attached hydrogens (tertiary/aromatic N) is 2. The first kappa shape index (κ1) is 22.1. The summed E-state index contributed by atoms with van der Waals surface area (Å²) in [5, 5.41) is 16.2. The highest BCUT2D eigenvalue weighted by molar-refractivity contribution is 6.32. The Hall–Kier alpha value is -3.59. The molecule has 0 aliphatic heterocycles. The summed E-state index contributed by atoms with van der Waals surface area (Å²) < 4.78 is 18.4. The van der Waals surface area contributed by atoms with Gasteiger partial charge in [0, 0.05) is 25.2 Å². The van der Waals surface area contributed by atoms with Crippen LogP contribution < -0.4 is 10.6 Å². The van der Waals surface area contributed by atoms with Crippen LogP contribution in [0.2, 0.25) is 5.02 Å². The van der Waals surface area contributed by atoms with E-state index in [1.54, 1.807) is 25.2 Å². The zero-order valence-electron chi connectivity index (χ0n) is 16.6. The molecule has 1 aromatic heterocycles. The van der Waals surface area contributed by atoms with Crippen molar-refractivity contribution >= 4 is 40.3 Å². The Bertz CT molecular complexity index is 1110. The number of amides is 3. The van der Waals surface area contributed by atoms with Gasteiger partial charge in [-0.3, -0.25) is 5.32 Å². The first-order chi connectivity index (χ1) is 14.8. The number of phenols is 1. The maximum atomic E-state index is 13.3. The zero-order chi connectivity index (χ0) is 22.4. The molecule has 162 valence electrons. The van der Waals surface area contributed by atoms with Crippen LogP contribution in [0, 0.1) is 5.82 Å². The van der Waals surface area contributed by atoms with Crippen LogP contribution in [0.4, 0.5) is 19.8 Å². The Labute approximate surface area is 182 Å². The Morgan fingerprint density at radius 2 is 2.03 bits per heavy atom. The molecule has 3 N–H and O–H groups in total. The third kappa shape index (κ3) is 5.95. The van der Waals surface area contributed by atoms with E-state index in [1.165, 1.54) is 35.4 Å². The summed E-state index contributed by atoms with van der Waals surface area (Å²) in [5.74, 6) is -0.232. The fourth-order valence-corrected chi connectivity index (χ4v) is 2.90. The number of carbonyl (C=O) groups is 2. The fraction of sp³-hybridized carbons (Fsp3) is 0.190. The second kappa shape index (κ2) is 9.94. The van der Waals surface area contributed by atoms with Crippen molar-refractivity contribution in [2.45, 2.75) is 6.54 Å². The third-order valence-electron chi connectivity index (χ3n) is 4.41. The van der Waals surface area contributed by atoms with Gasteiger partial charge in [-0.15, -0.1) is 0 Å². The van der Waals surface area contributed by atoms with Crippen LogP contribution in [-0.2, 0) is 11.3 Å². The third-order valence-corrected chi connectivity index (χ3v) is 4.85. The number of nitrogens with one attached hydrogen (secondary N) is 2. The Morgan fingerprint density at radius 1 is 1.23 bits per heavy atom. The zero-order valence-corrected chi connectivity index (χ0v) is 17.3. The molecule has 3 amide bonds.